The van der Waals surface area contributed by atoms with E-state index in [0.717, 1.165) is 0 Å². The van der Waals surface area contributed by atoms with Gasteiger partial charge in [-0.15, -0.1) is 0 Å². The van der Waals surface area contributed by atoms with Gasteiger partial charge in [0.25, 0.3) is 0 Å². The third-order valence-corrected chi connectivity index (χ3v) is 2.51. The van der Waals surface area contributed by atoms with Crippen LogP contribution in [0.5, 0.6) is 0 Å². The average Bonchev–Trinajstić information content (AvgIpc) is 2.23. The lowest BCUT2D eigenvalue weighted by Gasteiger charge is -2.10. The van der Waals surface area contributed by atoms with E-state index >= 15 is 0 Å². The average molecular weight is 249 g/mol. The Labute approximate surface area is 97.0 Å². The van der Waals surface area contributed by atoms with Crippen LogP contribution in [0.3, 0.4) is 0 Å². The number of nitrogens with one attached hydrogen (secondary N) is 1. The molecule has 0 radical (unpaired) electrons. The van der Waals surface area contributed by atoms with Crippen molar-refractivity contribution in [3.05, 3.63) is 16.5 Å². The van der Waals surface area contributed by atoms with Gasteiger partial charge in [0, 0.05) is 0 Å². The van der Waals surface area contributed by atoms with Crippen molar-refractivity contribution >= 4 is 34.9 Å². The van der Waals surface area contributed by atoms with Crippen molar-refractivity contribution in [2.24, 2.45) is 5.73 Å². The number of nitrogens with two attached hydrogens (primary N) is 1. The van der Waals surface area contributed by atoms with Crippen LogP contribution < -0.4 is 11.1 Å². The van der Waals surface area contributed by atoms with Gasteiger partial charge in [0.2, 0.25) is 5.91 Å². The number of halogens is 2. The number of rotatable bonds is 3. The molecule has 5 nitrogen and oxygen atoms in total. The van der Waals surface area contributed by atoms with Crippen molar-refractivity contribution < 1.29 is 4.79 Å². The third-order valence-electron chi connectivity index (χ3n) is 1.77. The first-order valence-electron chi connectivity index (χ1n) is 4.28. The highest BCUT2D eigenvalue weighted by Gasteiger charge is 2.14. The van der Waals surface area contributed by atoms with E-state index in [2.05, 4.69) is 15.3 Å². The Kier molecular flexibility index (Phi) is 4.26. The molecule has 1 amide bonds. The fraction of sp³-hybridized carbons (Fsp3) is 0.375. The monoisotopic (exact) mass is 248 g/mol. The first-order chi connectivity index (χ1) is 7.06. The lowest BCUT2D eigenvalue weighted by atomic mass is 10.2. The van der Waals surface area contributed by atoms with Crippen molar-refractivity contribution in [3.63, 3.8) is 0 Å². The molecular weight excluding hydrogens is 239 g/mol. The van der Waals surface area contributed by atoms with E-state index in [1.165, 1.54) is 6.33 Å². The van der Waals surface area contributed by atoms with Crippen LogP contribution in [0, 0.1) is 0 Å². The van der Waals surface area contributed by atoms with Crippen LogP contribution in [0.1, 0.15) is 13.3 Å². The van der Waals surface area contributed by atoms with Gasteiger partial charge < -0.3 is 11.1 Å². The molecule has 0 spiro atoms. The van der Waals surface area contributed by atoms with E-state index in [0.29, 0.717) is 6.42 Å². The van der Waals surface area contributed by atoms with Crippen molar-refractivity contribution in [1.82, 2.24) is 9.97 Å². The molecule has 0 aliphatic carbocycles. The van der Waals surface area contributed by atoms with Gasteiger partial charge >= 0.3 is 0 Å². The molecule has 3 N–H and O–H groups in total. The molecule has 7 heteroatoms. The summed E-state index contributed by atoms with van der Waals surface area (Å²) in [5, 5.41) is 2.67. The van der Waals surface area contributed by atoms with Gasteiger partial charge in [0.1, 0.15) is 11.3 Å². The van der Waals surface area contributed by atoms with E-state index in [1.807, 2.05) is 0 Å². The molecule has 1 aromatic rings. The second-order valence-electron chi connectivity index (χ2n) is 2.83. The number of amides is 1. The summed E-state index contributed by atoms with van der Waals surface area (Å²) in [6.07, 6.45) is 1.74. The lowest BCUT2D eigenvalue weighted by molar-refractivity contribution is -0.117. The number of carbonyl (C=O) groups excluding carboxylic acids is 1. The zero-order chi connectivity index (χ0) is 11.4. The van der Waals surface area contributed by atoms with E-state index in [-0.39, 0.29) is 21.9 Å². The molecule has 82 valence electrons. The summed E-state index contributed by atoms with van der Waals surface area (Å²) < 4.78 is 0. The minimum atomic E-state index is -0.588. The number of carbonyl (C=O) groups is 1. The van der Waals surface area contributed by atoms with Gasteiger partial charge in [-0.2, -0.15) is 0 Å². The van der Waals surface area contributed by atoms with Crippen LogP contribution in [-0.2, 0) is 4.79 Å². The topological polar surface area (TPSA) is 80.9 Å². The minimum Gasteiger partial charge on any atom is -0.320 e. The van der Waals surface area contributed by atoms with Crippen molar-refractivity contribution in [3.8, 4) is 0 Å². The van der Waals surface area contributed by atoms with Gasteiger partial charge in [0.15, 0.2) is 11.0 Å². The predicted molar refractivity (Wildman–Crippen MR) is 58.9 cm³/mol. The Hall–Kier alpha value is -0.910. The number of hydrogen-bond acceptors (Lipinski definition) is 4. The zero-order valence-electron chi connectivity index (χ0n) is 8.00. The quantitative estimate of drug-likeness (QED) is 0.794. The molecule has 0 saturated carbocycles. The molecule has 1 atom stereocenters. The normalized spacial score (nSPS) is 12.3. The van der Waals surface area contributed by atoms with Gasteiger partial charge in [-0.05, 0) is 6.42 Å². The zero-order valence-corrected chi connectivity index (χ0v) is 9.51. The highest BCUT2D eigenvalue weighted by molar-refractivity contribution is 6.42. The molecule has 0 bridgehead atoms. The number of anilines is 1. The molecule has 15 heavy (non-hydrogen) atoms. The Balaban J connectivity index is 2.81. The molecule has 0 aliphatic rings. The highest BCUT2D eigenvalue weighted by atomic mass is 35.5. The SMILES string of the molecule is CCC(N)C(=O)Nc1ncnc(Cl)c1Cl. The lowest BCUT2D eigenvalue weighted by Crippen LogP contribution is -2.35. The van der Waals surface area contributed by atoms with Gasteiger partial charge in [0.05, 0.1) is 6.04 Å². The summed E-state index contributed by atoms with van der Waals surface area (Å²) >= 11 is 11.4. The van der Waals surface area contributed by atoms with E-state index in [1.54, 1.807) is 6.92 Å². The summed E-state index contributed by atoms with van der Waals surface area (Å²) in [5.41, 5.74) is 5.52. The first-order valence-corrected chi connectivity index (χ1v) is 5.04. The van der Waals surface area contributed by atoms with Gasteiger partial charge in [-0.1, -0.05) is 30.1 Å². The molecule has 0 aromatic carbocycles. The standard InChI is InChI=1S/C8H10Cl2N4O/c1-2-4(11)8(15)14-7-5(9)6(10)12-3-13-7/h3-4H,2,11H2,1H3,(H,12,13,14,15). The Bertz CT molecular complexity index is 372. The molecule has 0 aliphatic heterocycles. The number of nitrogens with zero attached hydrogens (tertiary/aromatic N) is 2. The van der Waals surface area contributed by atoms with Crippen LogP contribution in [-0.4, -0.2) is 21.9 Å². The molecule has 1 aromatic heterocycles. The fourth-order valence-electron chi connectivity index (χ4n) is 0.830. The van der Waals surface area contributed by atoms with Crippen molar-refractivity contribution in [2.75, 3.05) is 5.32 Å². The van der Waals surface area contributed by atoms with Crippen LogP contribution in [0.25, 0.3) is 0 Å². The number of aromatic nitrogens is 2. The summed E-state index contributed by atoms with van der Waals surface area (Å²) in [6, 6.07) is -0.588. The molecular formula is C8H10Cl2N4O. The van der Waals surface area contributed by atoms with Crippen LogP contribution >= 0.6 is 23.2 Å². The molecule has 1 rings (SSSR count). The Morgan fingerprint density at radius 1 is 1.60 bits per heavy atom. The third kappa shape index (κ3) is 3.02. The summed E-state index contributed by atoms with van der Waals surface area (Å²) in [4.78, 5) is 18.8. The van der Waals surface area contributed by atoms with Gasteiger partial charge in [-0.25, -0.2) is 9.97 Å². The molecule has 0 saturated heterocycles. The maximum atomic E-state index is 11.4. The first kappa shape index (κ1) is 12.2. The smallest absolute Gasteiger partial charge is 0.242 e. The van der Waals surface area contributed by atoms with E-state index in [4.69, 9.17) is 28.9 Å². The second-order valence-corrected chi connectivity index (χ2v) is 3.57. The summed E-state index contributed by atoms with van der Waals surface area (Å²) in [6.45, 7) is 1.80. The summed E-state index contributed by atoms with van der Waals surface area (Å²) in [7, 11) is 0. The maximum Gasteiger partial charge on any atom is 0.242 e. The highest BCUT2D eigenvalue weighted by Crippen LogP contribution is 2.25. The Morgan fingerprint density at radius 2 is 2.27 bits per heavy atom. The predicted octanol–water partition coefficient (Wildman–Crippen LogP) is 1.46. The number of hydrogen-bond donors (Lipinski definition) is 2. The van der Waals surface area contributed by atoms with Crippen molar-refractivity contribution in [1.29, 1.82) is 0 Å². The van der Waals surface area contributed by atoms with Crippen LogP contribution in [0.4, 0.5) is 5.82 Å². The van der Waals surface area contributed by atoms with Crippen LogP contribution in [0.2, 0.25) is 10.2 Å². The second kappa shape index (κ2) is 5.25. The maximum absolute atomic E-state index is 11.4. The van der Waals surface area contributed by atoms with Crippen LogP contribution in [0.15, 0.2) is 6.33 Å². The largest absolute Gasteiger partial charge is 0.320 e. The van der Waals surface area contributed by atoms with E-state index in [9.17, 15) is 4.79 Å². The minimum absolute atomic E-state index is 0.0898. The molecule has 0 fully saturated rings. The van der Waals surface area contributed by atoms with Crippen molar-refractivity contribution in [2.45, 2.75) is 19.4 Å². The van der Waals surface area contributed by atoms with Gasteiger partial charge in [-0.3, -0.25) is 4.79 Å². The fourth-order valence-corrected chi connectivity index (χ4v) is 1.11. The Morgan fingerprint density at radius 3 is 2.87 bits per heavy atom. The van der Waals surface area contributed by atoms with E-state index < -0.39 is 6.04 Å². The molecule has 1 heterocycles. The molecule has 1 unspecified atom stereocenters. The summed E-state index contributed by atoms with van der Waals surface area (Å²) in [5.74, 6) is -0.181.